The van der Waals surface area contributed by atoms with Gasteiger partial charge in [-0.05, 0) is 37.3 Å². The van der Waals surface area contributed by atoms with Crippen molar-refractivity contribution in [2.75, 3.05) is 32.8 Å². The summed E-state index contributed by atoms with van der Waals surface area (Å²) in [7, 11) is 0. The number of benzene rings is 1. The van der Waals surface area contributed by atoms with Gasteiger partial charge in [-0.25, -0.2) is 9.78 Å². The van der Waals surface area contributed by atoms with Crippen LogP contribution in [0.25, 0.3) is 11.0 Å². The number of ether oxygens (including phenoxy) is 1. The molecule has 8 N–H and O–H groups in total. The van der Waals surface area contributed by atoms with Crippen LogP contribution in [-0.4, -0.2) is 118 Å². The van der Waals surface area contributed by atoms with E-state index in [-0.39, 0.29) is 42.2 Å². The van der Waals surface area contributed by atoms with E-state index < -0.39 is 48.8 Å². The number of hydrogen-bond donors (Lipinski definition) is 8. The first-order valence-electron chi connectivity index (χ1n) is 20.4. The molecule has 312 valence electrons. The molecule has 11 atom stereocenters. The molecule has 1 fully saturated rings. The van der Waals surface area contributed by atoms with Crippen molar-refractivity contribution in [3.8, 4) is 5.75 Å². The minimum atomic E-state index is -2.36. The Morgan fingerprint density at radius 1 is 1.12 bits per heavy atom. The van der Waals surface area contributed by atoms with E-state index in [1.807, 2.05) is 24.4 Å². The standard InChI is InChI=1S/C43H49N5O11/c1-3-31-27-6-10-45-30(27)19-48(31)38-39-25(14-28-33(50)13-23(2)57-40(28)38)15-36(42(58-39)9-4-5-24(17-42)26-16-37(53)46-18-26)59-56-21-35(52)43(55,41(54)34(51)20-49)22-47-12-8-29-32(47)7-11-44-29/h4-8,10-11,13-14,19,24,26,31,34-36,41,49,51-52,54-55H,3,9,12,15-18,20-22H2,1-2H3,(H,46,53)/p+2/t24-,26+,31?,34-,35+,36-,41-,42-,43-/m1/s1. The van der Waals surface area contributed by atoms with E-state index in [2.05, 4.69) is 28.3 Å². The Morgan fingerprint density at radius 2 is 1.93 bits per heavy atom. The van der Waals surface area contributed by atoms with Crippen LogP contribution in [0.3, 0.4) is 0 Å². The second-order valence-electron chi connectivity index (χ2n) is 16.8. The van der Waals surface area contributed by atoms with Gasteiger partial charge in [-0.3, -0.25) is 29.4 Å². The number of aliphatic imine (C=N–C) groups is 2. The Morgan fingerprint density at radius 3 is 2.71 bits per heavy atom. The fourth-order valence-corrected chi connectivity index (χ4v) is 10.1. The lowest BCUT2D eigenvalue weighted by Gasteiger charge is -2.47. The van der Waals surface area contributed by atoms with Gasteiger partial charge in [-0.15, -0.1) is 0 Å². The first-order valence-corrected chi connectivity index (χ1v) is 20.4. The fraction of sp³-hybridized carbons (Fsp3) is 0.488. The number of rotatable bonds is 13. The third kappa shape index (κ3) is 6.85. The number of nitrogens with zero attached hydrogens (tertiary/aromatic N) is 2. The van der Waals surface area contributed by atoms with Gasteiger partial charge in [0, 0.05) is 74.0 Å². The quantitative estimate of drug-likeness (QED) is 0.0690. The topological polar surface area (TPSA) is 222 Å². The Labute approximate surface area is 339 Å². The zero-order valence-corrected chi connectivity index (χ0v) is 33.0. The molecule has 3 unspecified atom stereocenters. The molecule has 0 radical (unpaired) electrons. The van der Waals surface area contributed by atoms with Crippen molar-refractivity contribution in [1.82, 2.24) is 5.32 Å². The second kappa shape index (κ2) is 15.4. The highest BCUT2D eigenvalue weighted by Gasteiger charge is 2.54. The summed E-state index contributed by atoms with van der Waals surface area (Å²) >= 11 is 0. The van der Waals surface area contributed by atoms with Crippen LogP contribution in [-0.2, 0) is 21.0 Å². The average molecular weight is 814 g/mol. The Kier molecular flexibility index (Phi) is 10.4. The molecule has 0 bridgehead atoms. The monoisotopic (exact) mass is 813 g/mol. The highest BCUT2D eigenvalue weighted by atomic mass is 17.2. The van der Waals surface area contributed by atoms with Gasteiger partial charge >= 0.3 is 0 Å². The number of quaternary nitrogens is 2. The molecule has 16 nitrogen and oxygen atoms in total. The summed E-state index contributed by atoms with van der Waals surface area (Å²) in [5.41, 5.74) is 1.62. The highest BCUT2D eigenvalue weighted by Crippen LogP contribution is 2.49. The molecule has 0 saturated carbocycles. The second-order valence-corrected chi connectivity index (χ2v) is 16.8. The maximum atomic E-state index is 13.7. The maximum Gasteiger partial charge on any atom is 0.222 e. The van der Waals surface area contributed by atoms with E-state index >= 15 is 0 Å². The fourth-order valence-electron chi connectivity index (χ4n) is 10.1. The molecule has 1 aromatic carbocycles. The summed E-state index contributed by atoms with van der Waals surface area (Å²) in [5, 5.41) is 58.2. The van der Waals surface area contributed by atoms with Crippen molar-refractivity contribution in [1.29, 1.82) is 0 Å². The molecular formula is C43H51N5O11+2. The lowest BCUT2D eigenvalue weighted by molar-refractivity contribution is -0.856. The number of hydrogen-bond acceptors (Lipinski definition) is 13. The van der Waals surface area contributed by atoms with E-state index in [1.54, 1.807) is 31.5 Å². The number of allylic oxidation sites excluding steroid dienone is 3. The van der Waals surface area contributed by atoms with Crippen LogP contribution in [0, 0.1) is 18.8 Å². The van der Waals surface area contributed by atoms with Gasteiger partial charge in [0.25, 0.3) is 0 Å². The molecule has 1 spiro atoms. The van der Waals surface area contributed by atoms with Gasteiger partial charge in [0.2, 0.25) is 17.2 Å². The van der Waals surface area contributed by atoms with Crippen LogP contribution < -0.4 is 25.3 Å². The molecule has 16 heteroatoms. The largest absolute Gasteiger partial charge is 0.477 e. The first kappa shape index (κ1) is 39.8. The number of carbonyl (C=O) groups is 1. The molecule has 2 aromatic rings. The van der Waals surface area contributed by atoms with Gasteiger partial charge in [0.15, 0.2) is 22.5 Å². The third-order valence-corrected chi connectivity index (χ3v) is 13.2. The van der Waals surface area contributed by atoms with E-state index in [1.165, 1.54) is 6.07 Å². The van der Waals surface area contributed by atoms with Gasteiger partial charge in [0.05, 0.1) is 12.0 Å². The molecular weight excluding hydrogens is 762 g/mol. The molecule has 1 aromatic heterocycles. The smallest absolute Gasteiger partial charge is 0.222 e. The van der Waals surface area contributed by atoms with Crippen LogP contribution in [0.2, 0.25) is 0 Å². The summed E-state index contributed by atoms with van der Waals surface area (Å²) in [6.07, 6.45) is 11.2. The Hall–Kier alpha value is -4.62. The number of amides is 1. The number of aliphatic hydroxyl groups excluding tert-OH is 4. The van der Waals surface area contributed by atoms with E-state index in [4.69, 9.17) is 18.9 Å². The zero-order chi connectivity index (χ0) is 41.2. The molecule has 1 aliphatic carbocycles. The molecule has 7 aliphatic rings. The Balaban J connectivity index is 1.06. The van der Waals surface area contributed by atoms with Crippen LogP contribution in [0.4, 0.5) is 5.69 Å². The van der Waals surface area contributed by atoms with Crippen LogP contribution in [0.5, 0.6) is 5.75 Å². The molecule has 59 heavy (non-hydrogen) atoms. The van der Waals surface area contributed by atoms with Crippen molar-refractivity contribution in [2.24, 2.45) is 21.8 Å². The molecule has 1 amide bonds. The summed E-state index contributed by atoms with van der Waals surface area (Å²) < 4.78 is 13.7. The van der Waals surface area contributed by atoms with Gasteiger partial charge < -0.3 is 40.0 Å². The number of aryl methyl sites for hydroxylation is 1. The summed E-state index contributed by atoms with van der Waals surface area (Å²) in [4.78, 5) is 48.7. The lowest BCUT2D eigenvalue weighted by Crippen LogP contribution is -3.11. The summed E-state index contributed by atoms with van der Waals surface area (Å²) in [5.74, 6) is 0.969. The highest BCUT2D eigenvalue weighted by molar-refractivity contribution is 5.90. The molecule has 9 rings (SSSR count). The number of fused-ring (bicyclic) bond motifs is 4. The average Bonchev–Trinajstić information content (AvgIpc) is 4.07. The normalized spacial score (nSPS) is 31.5. The predicted octanol–water partition coefficient (Wildman–Crippen LogP) is -1.09. The van der Waals surface area contributed by atoms with Crippen LogP contribution >= 0.6 is 0 Å². The lowest BCUT2D eigenvalue weighted by atomic mass is 9.71. The van der Waals surface area contributed by atoms with Crippen molar-refractivity contribution in [2.45, 2.75) is 87.6 Å². The predicted molar refractivity (Wildman–Crippen MR) is 213 cm³/mol. The summed E-state index contributed by atoms with van der Waals surface area (Å²) in [6, 6.07) is 3.22. The SMILES string of the molecule is CCC1C2=CC=NC2=C[NH+]1c1c2c(cc3c(=O)cc(C)oc13)C[C@@H](OOC[C@H](O)[C@](O)(C[NH+]1CC=C3N=CC=C31)[C@H](O)[C@H](O)CO)[C@]1(CC=C[C@@H]([C@@H]3CNC(=O)C3)C1)O2. The van der Waals surface area contributed by atoms with Gasteiger partial charge in [-0.1, -0.05) is 19.1 Å². The van der Waals surface area contributed by atoms with E-state index in [0.717, 1.165) is 34.0 Å². The van der Waals surface area contributed by atoms with E-state index in [0.29, 0.717) is 71.0 Å². The van der Waals surface area contributed by atoms with Crippen molar-refractivity contribution in [3.05, 3.63) is 92.9 Å². The molecule has 7 heterocycles. The Bertz CT molecular complexity index is 2330. The van der Waals surface area contributed by atoms with Crippen LogP contribution in [0.15, 0.2) is 90.6 Å². The van der Waals surface area contributed by atoms with Crippen molar-refractivity contribution in [3.63, 3.8) is 0 Å². The van der Waals surface area contributed by atoms with Crippen molar-refractivity contribution >= 4 is 35.0 Å². The summed E-state index contributed by atoms with van der Waals surface area (Å²) in [6.45, 7) is 3.07. The molecule has 1 saturated heterocycles. The van der Waals surface area contributed by atoms with Gasteiger partial charge in [-0.2, -0.15) is 0 Å². The van der Waals surface area contributed by atoms with E-state index in [9.17, 15) is 35.1 Å². The number of nitrogens with one attached hydrogen (secondary N) is 3. The minimum absolute atomic E-state index is 0.0125. The number of aliphatic hydroxyl groups is 5. The third-order valence-electron chi connectivity index (χ3n) is 13.2. The van der Waals surface area contributed by atoms with Crippen LogP contribution in [0.1, 0.15) is 43.9 Å². The number of carbonyl (C=O) groups excluding carboxylic acids is 1. The zero-order valence-electron chi connectivity index (χ0n) is 33.0. The molecule has 6 aliphatic heterocycles. The first-order chi connectivity index (χ1) is 28.4. The van der Waals surface area contributed by atoms with Crippen molar-refractivity contribution < 1.29 is 59.1 Å². The minimum Gasteiger partial charge on any atom is -0.477 e. The van der Waals surface area contributed by atoms with Gasteiger partial charge in [0.1, 0.15) is 79.1 Å². The maximum absolute atomic E-state index is 13.7.